The Balaban J connectivity index is 1.64. The number of hydrogen-bond donors (Lipinski definition) is 0. The average Bonchev–Trinajstić information content (AvgIpc) is 3.09. The maximum Gasteiger partial charge on any atom is 0.269 e. The van der Waals surface area contributed by atoms with Gasteiger partial charge < -0.3 is 9.64 Å². The molecule has 0 unspecified atom stereocenters. The van der Waals surface area contributed by atoms with E-state index in [4.69, 9.17) is 4.74 Å². The second-order valence-corrected chi connectivity index (χ2v) is 7.24. The maximum absolute atomic E-state index is 13.4. The van der Waals surface area contributed by atoms with Crippen molar-refractivity contribution in [2.45, 2.75) is 0 Å². The number of rotatable bonds is 7. The van der Waals surface area contributed by atoms with Crippen molar-refractivity contribution in [3.05, 3.63) is 99.6 Å². The molecular formula is C24H19N3O6. The molecular weight excluding hydrogens is 426 g/mol. The van der Waals surface area contributed by atoms with Crippen LogP contribution in [0, 0.1) is 10.1 Å². The van der Waals surface area contributed by atoms with Crippen LogP contribution in [0.1, 0.15) is 31.1 Å². The number of carbonyl (C=O) groups excluding carboxylic acids is 3. The standard InChI is InChI=1S/C24H19N3O6/c1-33-21-9-5-4-8-20(21)25(22(28)16-10-12-17(13-11-16)27(31)32)14-15-26-23(29)18-6-2-3-7-19(18)24(26)30/h2-13H,14-15H2,1H3. The lowest BCUT2D eigenvalue weighted by atomic mass is 10.1. The van der Waals surface area contributed by atoms with Crippen molar-refractivity contribution >= 4 is 29.1 Å². The molecule has 0 saturated carbocycles. The number of anilines is 1. The van der Waals surface area contributed by atoms with Crippen molar-refractivity contribution in [3.63, 3.8) is 0 Å². The molecule has 3 aromatic carbocycles. The molecule has 166 valence electrons. The molecule has 1 heterocycles. The number of nitro benzene ring substituents is 1. The second kappa shape index (κ2) is 8.91. The molecule has 0 fully saturated rings. The molecule has 4 rings (SSSR count). The van der Waals surface area contributed by atoms with E-state index in [-0.39, 0.29) is 24.3 Å². The third-order valence-electron chi connectivity index (χ3n) is 5.37. The van der Waals surface area contributed by atoms with Crippen LogP contribution in [0.15, 0.2) is 72.8 Å². The lowest BCUT2D eigenvalue weighted by molar-refractivity contribution is -0.384. The quantitative estimate of drug-likeness (QED) is 0.313. The summed E-state index contributed by atoms with van der Waals surface area (Å²) in [5.74, 6) is -0.863. The van der Waals surface area contributed by atoms with Crippen LogP contribution in [0.2, 0.25) is 0 Å². The zero-order chi connectivity index (χ0) is 23.5. The van der Waals surface area contributed by atoms with Crippen LogP contribution in [-0.2, 0) is 0 Å². The summed E-state index contributed by atoms with van der Waals surface area (Å²) < 4.78 is 5.40. The molecule has 3 aromatic rings. The number of nitro groups is 1. The van der Waals surface area contributed by atoms with Gasteiger partial charge in [-0.15, -0.1) is 0 Å². The SMILES string of the molecule is COc1ccccc1N(CCN1C(=O)c2ccccc2C1=O)C(=O)c1ccc([N+](=O)[O-])cc1. The molecule has 33 heavy (non-hydrogen) atoms. The number of amides is 3. The van der Waals surface area contributed by atoms with Gasteiger partial charge in [0.25, 0.3) is 23.4 Å². The third-order valence-corrected chi connectivity index (χ3v) is 5.37. The number of imide groups is 1. The van der Waals surface area contributed by atoms with Crippen molar-refractivity contribution in [1.82, 2.24) is 4.90 Å². The summed E-state index contributed by atoms with van der Waals surface area (Å²) in [6.45, 7) is -0.0369. The number of benzene rings is 3. The summed E-state index contributed by atoms with van der Waals surface area (Å²) in [5, 5.41) is 10.9. The van der Waals surface area contributed by atoms with Gasteiger partial charge in [-0.3, -0.25) is 29.4 Å². The fraction of sp³-hybridized carbons (Fsp3) is 0.125. The van der Waals surface area contributed by atoms with Gasteiger partial charge in [-0.1, -0.05) is 24.3 Å². The van der Waals surface area contributed by atoms with Gasteiger partial charge in [0.1, 0.15) is 5.75 Å². The Morgan fingerprint density at radius 1 is 0.939 bits per heavy atom. The van der Waals surface area contributed by atoms with Gasteiger partial charge in [0.2, 0.25) is 0 Å². The highest BCUT2D eigenvalue weighted by Gasteiger charge is 2.35. The minimum absolute atomic E-state index is 0.00165. The maximum atomic E-state index is 13.4. The number of ether oxygens (including phenoxy) is 1. The second-order valence-electron chi connectivity index (χ2n) is 7.24. The molecule has 9 heteroatoms. The fourth-order valence-electron chi connectivity index (χ4n) is 3.71. The van der Waals surface area contributed by atoms with Crippen molar-refractivity contribution < 1.29 is 24.0 Å². The summed E-state index contributed by atoms with van der Waals surface area (Å²) in [7, 11) is 1.47. The Bertz CT molecular complexity index is 1220. The number of nitrogens with zero attached hydrogens (tertiary/aromatic N) is 3. The molecule has 1 aliphatic rings. The summed E-state index contributed by atoms with van der Waals surface area (Å²) in [4.78, 5) is 51.8. The summed E-state index contributed by atoms with van der Waals surface area (Å²) in [6, 6.07) is 18.6. The van der Waals surface area contributed by atoms with Crippen LogP contribution in [0.25, 0.3) is 0 Å². The van der Waals surface area contributed by atoms with Crippen LogP contribution >= 0.6 is 0 Å². The Labute approximate surface area is 189 Å². The molecule has 3 amide bonds. The Kier molecular flexibility index (Phi) is 5.86. The molecule has 9 nitrogen and oxygen atoms in total. The topological polar surface area (TPSA) is 110 Å². The van der Waals surface area contributed by atoms with E-state index in [1.54, 1.807) is 48.5 Å². The van der Waals surface area contributed by atoms with Crippen LogP contribution in [0.4, 0.5) is 11.4 Å². The van der Waals surface area contributed by atoms with E-state index in [9.17, 15) is 24.5 Å². The lowest BCUT2D eigenvalue weighted by Crippen LogP contribution is -2.41. The number of fused-ring (bicyclic) bond motifs is 1. The van der Waals surface area contributed by atoms with E-state index in [0.29, 0.717) is 22.6 Å². The molecule has 0 bridgehead atoms. The van der Waals surface area contributed by atoms with Gasteiger partial charge in [-0.25, -0.2) is 0 Å². The zero-order valence-electron chi connectivity index (χ0n) is 17.6. The minimum atomic E-state index is -0.547. The summed E-state index contributed by atoms with van der Waals surface area (Å²) >= 11 is 0. The highest BCUT2D eigenvalue weighted by molar-refractivity contribution is 6.21. The van der Waals surface area contributed by atoms with E-state index in [2.05, 4.69) is 0 Å². The van der Waals surface area contributed by atoms with E-state index >= 15 is 0 Å². The Morgan fingerprint density at radius 2 is 1.52 bits per heavy atom. The first-order valence-corrected chi connectivity index (χ1v) is 10.1. The van der Waals surface area contributed by atoms with Crippen molar-refractivity contribution in [3.8, 4) is 5.75 Å². The van der Waals surface area contributed by atoms with Gasteiger partial charge in [0.15, 0.2) is 0 Å². The first kappa shape index (κ1) is 21.7. The summed E-state index contributed by atoms with van der Waals surface area (Å²) in [6.07, 6.45) is 0. The van der Waals surface area contributed by atoms with Gasteiger partial charge in [0, 0.05) is 30.8 Å². The van der Waals surface area contributed by atoms with E-state index in [0.717, 1.165) is 4.90 Å². The molecule has 0 aromatic heterocycles. The number of para-hydroxylation sites is 2. The molecule has 1 aliphatic heterocycles. The molecule has 0 N–H and O–H groups in total. The smallest absolute Gasteiger partial charge is 0.269 e. The average molecular weight is 445 g/mol. The fourth-order valence-corrected chi connectivity index (χ4v) is 3.71. The first-order valence-electron chi connectivity index (χ1n) is 10.1. The molecule has 0 radical (unpaired) electrons. The minimum Gasteiger partial charge on any atom is -0.495 e. The van der Waals surface area contributed by atoms with E-state index < -0.39 is 22.6 Å². The monoisotopic (exact) mass is 445 g/mol. The first-order chi connectivity index (χ1) is 15.9. The Morgan fingerprint density at radius 3 is 2.09 bits per heavy atom. The lowest BCUT2D eigenvalue weighted by Gasteiger charge is -2.26. The molecule has 0 saturated heterocycles. The molecule has 0 atom stereocenters. The van der Waals surface area contributed by atoms with Gasteiger partial charge in [-0.05, 0) is 36.4 Å². The predicted molar refractivity (Wildman–Crippen MR) is 120 cm³/mol. The summed E-state index contributed by atoms with van der Waals surface area (Å²) in [5.41, 5.74) is 1.18. The number of methoxy groups -OCH3 is 1. The largest absolute Gasteiger partial charge is 0.495 e. The van der Waals surface area contributed by atoms with Crippen LogP contribution in [0.3, 0.4) is 0 Å². The van der Waals surface area contributed by atoms with Gasteiger partial charge in [-0.2, -0.15) is 0 Å². The number of carbonyl (C=O) groups is 3. The van der Waals surface area contributed by atoms with Crippen LogP contribution in [0.5, 0.6) is 5.75 Å². The number of hydrogen-bond acceptors (Lipinski definition) is 6. The van der Waals surface area contributed by atoms with Crippen molar-refractivity contribution in [2.24, 2.45) is 0 Å². The van der Waals surface area contributed by atoms with Gasteiger partial charge in [0.05, 0.1) is 28.8 Å². The van der Waals surface area contributed by atoms with Crippen molar-refractivity contribution in [1.29, 1.82) is 0 Å². The van der Waals surface area contributed by atoms with Crippen molar-refractivity contribution in [2.75, 3.05) is 25.1 Å². The zero-order valence-corrected chi connectivity index (χ0v) is 17.6. The Hall–Kier alpha value is -4.53. The normalized spacial score (nSPS) is 12.5. The third kappa shape index (κ3) is 4.03. The molecule has 0 spiro atoms. The molecule has 0 aliphatic carbocycles. The van der Waals surface area contributed by atoms with Crippen LogP contribution in [-0.4, -0.2) is 47.7 Å². The predicted octanol–water partition coefficient (Wildman–Crippen LogP) is 3.55. The van der Waals surface area contributed by atoms with Gasteiger partial charge >= 0.3 is 0 Å². The highest BCUT2D eigenvalue weighted by Crippen LogP contribution is 2.30. The van der Waals surface area contributed by atoms with E-state index in [1.807, 2.05) is 0 Å². The van der Waals surface area contributed by atoms with Crippen LogP contribution < -0.4 is 9.64 Å². The highest BCUT2D eigenvalue weighted by atomic mass is 16.6. The van der Waals surface area contributed by atoms with E-state index in [1.165, 1.54) is 36.3 Å². The number of non-ortho nitro benzene ring substituents is 1.